The van der Waals surface area contributed by atoms with Gasteiger partial charge >= 0.3 is 0 Å². The number of likely N-dealkylation sites (tertiary alicyclic amines) is 1. The highest BCUT2D eigenvalue weighted by Gasteiger charge is 2.37. The van der Waals surface area contributed by atoms with Crippen LogP contribution in [0.25, 0.3) is 0 Å². The molecular weight excluding hydrogens is 398 g/mol. The molecule has 1 aromatic rings. The lowest BCUT2D eigenvalue weighted by Gasteiger charge is -2.48. The van der Waals surface area contributed by atoms with Crippen molar-refractivity contribution >= 4 is 40.7 Å². The van der Waals surface area contributed by atoms with Crippen LogP contribution in [0.4, 0.5) is 5.69 Å². The predicted octanol–water partition coefficient (Wildman–Crippen LogP) is 5.24. The van der Waals surface area contributed by atoms with E-state index in [-0.39, 0.29) is 5.91 Å². The molecule has 2 fully saturated rings. The molecule has 1 N–H and O–H groups in total. The van der Waals surface area contributed by atoms with Gasteiger partial charge in [-0.2, -0.15) is 0 Å². The van der Waals surface area contributed by atoms with Gasteiger partial charge in [-0.15, -0.1) is 11.8 Å². The Morgan fingerprint density at radius 3 is 2.59 bits per heavy atom. The van der Waals surface area contributed by atoms with Crippen molar-refractivity contribution in [2.45, 2.75) is 69.9 Å². The molecule has 4 nitrogen and oxygen atoms in total. The molecule has 0 radical (unpaired) electrons. The highest BCUT2D eigenvalue weighted by atomic mass is 32.2. The van der Waals surface area contributed by atoms with E-state index in [2.05, 4.69) is 54.6 Å². The normalized spacial score (nSPS) is 25.5. The summed E-state index contributed by atoms with van der Waals surface area (Å²) in [5, 5.41) is 4.39. The summed E-state index contributed by atoms with van der Waals surface area (Å²) in [6, 6.07) is 9.33. The van der Waals surface area contributed by atoms with Gasteiger partial charge in [-0.1, -0.05) is 32.8 Å². The van der Waals surface area contributed by atoms with Crippen molar-refractivity contribution in [1.82, 2.24) is 9.80 Å². The zero-order valence-corrected chi connectivity index (χ0v) is 19.8. The third kappa shape index (κ3) is 5.46. The molecule has 1 amide bonds. The van der Waals surface area contributed by atoms with Crippen molar-refractivity contribution in [2.24, 2.45) is 11.8 Å². The average Bonchev–Trinajstić information content (AvgIpc) is 2.72. The molecule has 1 saturated carbocycles. The number of rotatable bonds is 4. The number of carbonyl (C=O) groups is 1. The van der Waals surface area contributed by atoms with E-state index in [1.54, 1.807) is 18.7 Å². The Bertz CT molecular complexity index is 718. The zero-order chi connectivity index (χ0) is 21.0. The minimum absolute atomic E-state index is 0.184. The quantitative estimate of drug-likeness (QED) is 0.519. The van der Waals surface area contributed by atoms with Gasteiger partial charge in [0.15, 0.2) is 5.11 Å². The van der Waals surface area contributed by atoms with Gasteiger partial charge in [0, 0.05) is 42.7 Å². The molecule has 0 aromatic heterocycles. The molecule has 1 heterocycles. The Labute approximate surface area is 185 Å². The fourth-order valence-corrected chi connectivity index (χ4v) is 5.74. The summed E-state index contributed by atoms with van der Waals surface area (Å²) in [6.07, 6.45) is 7.85. The summed E-state index contributed by atoms with van der Waals surface area (Å²) in [7, 11) is 0. The van der Waals surface area contributed by atoms with E-state index in [4.69, 9.17) is 12.2 Å². The first-order valence-electron chi connectivity index (χ1n) is 10.9. The highest BCUT2D eigenvalue weighted by molar-refractivity contribution is 7.98. The number of nitrogens with zero attached hydrogens (tertiary/aromatic N) is 2. The zero-order valence-electron chi connectivity index (χ0n) is 18.2. The number of thioether (sulfide) groups is 1. The Morgan fingerprint density at radius 2 is 1.93 bits per heavy atom. The number of piperidine rings is 1. The molecule has 160 valence electrons. The molecule has 3 rings (SSSR count). The van der Waals surface area contributed by atoms with Crippen molar-refractivity contribution in [3.05, 3.63) is 24.3 Å². The molecule has 2 aliphatic rings. The van der Waals surface area contributed by atoms with Crippen molar-refractivity contribution in [1.29, 1.82) is 0 Å². The van der Waals surface area contributed by atoms with Crippen molar-refractivity contribution in [2.75, 3.05) is 24.7 Å². The Kier molecular flexibility index (Phi) is 7.85. The number of thiocarbonyl (C=S) groups is 1. The topological polar surface area (TPSA) is 35.6 Å². The van der Waals surface area contributed by atoms with E-state index in [1.165, 1.54) is 24.2 Å². The van der Waals surface area contributed by atoms with Gasteiger partial charge in [0.2, 0.25) is 5.91 Å². The Hall–Kier alpha value is -1.27. The monoisotopic (exact) mass is 433 g/mol. The first-order chi connectivity index (χ1) is 13.9. The molecule has 29 heavy (non-hydrogen) atoms. The summed E-state index contributed by atoms with van der Waals surface area (Å²) in [4.78, 5) is 17.5. The lowest BCUT2D eigenvalue weighted by atomic mass is 9.76. The van der Waals surface area contributed by atoms with E-state index in [0.717, 1.165) is 42.6 Å². The molecule has 1 aromatic carbocycles. The van der Waals surface area contributed by atoms with Gasteiger partial charge in [0.1, 0.15) is 0 Å². The van der Waals surface area contributed by atoms with Crippen LogP contribution >= 0.6 is 24.0 Å². The summed E-state index contributed by atoms with van der Waals surface area (Å²) < 4.78 is 0. The van der Waals surface area contributed by atoms with Gasteiger partial charge in [-0.3, -0.25) is 4.79 Å². The summed E-state index contributed by atoms with van der Waals surface area (Å²) in [5.74, 6) is 1.52. The van der Waals surface area contributed by atoms with Crippen LogP contribution in [0.1, 0.15) is 52.9 Å². The highest BCUT2D eigenvalue weighted by Crippen LogP contribution is 2.36. The average molecular weight is 434 g/mol. The summed E-state index contributed by atoms with van der Waals surface area (Å²) in [6.45, 7) is 8.11. The van der Waals surface area contributed by atoms with Crippen LogP contribution < -0.4 is 5.32 Å². The standard InChI is InChI=1S/C23H35N3OS2/c1-16-7-5-10-22(17(16)2)26(20-11-13-25(14-12-20)18(3)27)23(28)24-19-8-6-9-21(15-19)29-4/h6,8-9,15-17,20,22H,5,7,10-14H2,1-4H3,(H,24,28). The SMILES string of the molecule is CSc1cccc(NC(=S)N(C2CCN(C(C)=O)CC2)C2CCCC(C)C2C)c1. The molecule has 0 spiro atoms. The molecule has 1 aliphatic heterocycles. The maximum absolute atomic E-state index is 11.8. The number of amides is 1. The fourth-order valence-electron chi connectivity index (χ4n) is 4.88. The molecule has 1 saturated heterocycles. The Morgan fingerprint density at radius 1 is 1.21 bits per heavy atom. The maximum Gasteiger partial charge on any atom is 0.219 e. The number of hydrogen-bond donors (Lipinski definition) is 1. The molecule has 3 atom stereocenters. The number of nitrogens with one attached hydrogen (secondary N) is 1. The van der Waals surface area contributed by atoms with Crippen LogP contribution in [-0.2, 0) is 4.79 Å². The van der Waals surface area contributed by atoms with E-state index >= 15 is 0 Å². The third-order valence-corrected chi connectivity index (χ3v) is 7.92. The lowest BCUT2D eigenvalue weighted by Crippen LogP contribution is -2.56. The first kappa shape index (κ1) is 22.4. The van der Waals surface area contributed by atoms with E-state index in [9.17, 15) is 4.79 Å². The van der Waals surface area contributed by atoms with Gasteiger partial charge in [-0.05, 0) is 67.8 Å². The number of carbonyl (C=O) groups excluding carboxylic acids is 1. The first-order valence-corrected chi connectivity index (χ1v) is 12.5. The van der Waals surface area contributed by atoms with Gasteiger partial charge in [0.25, 0.3) is 0 Å². The second-order valence-corrected chi connectivity index (χ2v) is 9.91. The fraction of sp³-hybridized carbons (Fsp3) is 0.652. The number of benzene rings is 1. The van der Waals surface area contributed by atoms with Crippen LogP contribution in [0.5, 0.6) is 0 Å². The molecule has 6 heteroatoms. The van der Waals surface area contributed by atoms with Crippen LogP contribution in [0.3, 0.4) is 0 Å². The minimum atomic E-state index is 0.184. The Balaban J connectivity index is 1.80. The minimum Gasteiger partial charge on any atom is -0.343 e. The van der Waals surface area contributed by atoms with Crippen molar-refractivity contribution in [3.63, 3.8) is 0 Å². The van der Waals surface area contributed by atoms with Crippen LogP contribution in [0.2, 0.25) is 0 Å². The van der Waals surface area contributed by atoms with Crippen molar-refractivity contribution in [3.8, 4) is 0 Å². The van der Waals surface area contributed by atoms with Gasteiger partial charge in [-0.25, -0.2) is 0 Å². The summed E-state index contributed by atoms with van der Waals surface area (Å²) >= 11 is 7.74. The largest absolute Gasteiger partial charge is 0.343 e. The molecular formula is C23H35N3OS2. The third-order valence-electron chi connectivity index (χ3n) is 6.88. The van der Waals surface area contributed by atoms with E-state index < -0.39 is 0 Å². The van der Waals surface area contributed by atoms with Crippen LogP contribution in [0.15, 0.2) is 29.2 Å². The molecule has 1 aliphatic carbocycles. The molecule has 0 bridgehead atoms. The van der Waals surface area contributed by atoms with Gasteiger partial charge < -0.3 is 15.1 Å². The van der Waals surface area contributed by atoms with Crippen LogP contribution in [-0.4, -0.2) is 52.2 Å². The second kappa shape index (κ2) is 10.2. The van der Waals surface area contributed by atoms with Crippen molar-refractivity contribution < 1.29 is 4.79 Å². The maximum atomic E-state index is 11.8. The number of anilines is 1. The van der Waals surface area contributed by atoms with Crippen LogP contribution in [0, 0.1) is 11.8 Å². The van der Waals surface area contributed by atoms with E-state index in [0.29, 0.717) is 18.0 Å². The number of hydrogen-bond acceptors (Lipinski definition) is 3. The lowest BCUT2D eigenvalue weighted by molar-refractivity contribution is -0.130. The van der Waals surface area contributed by atoms with E-state index in [1.807, 2.05) is 4.90 Å². The smallest absolute Gasteiger partial charge is 0.219 e. The predicted molar refractivity (Wildman–Crippen MR) is 128 cm³/mol. The molecule has 3 unspecified atom stereocenters. The summed E-state index contributed by atoms with van der Waals surface area (Å²) in [5.41, 5.74) is 1.06. The second-order valence-electron chi connectivity index (χ2n) is 8.64. The van der Waals surface area contributed by atoms with Gasteiger partial charge in [0.05, 0.1) is 0 Å².